The first-order valence-corrected chi connectivity index (χ1v) is 34.0. The molecule has 94 heavy (non-hydrogen) atoms. The highest BCUT2D eigenvalue weighted by Crippen LogP contribution is 2.26. The van der Waals surface area contributed by atoms with E-state index >= 15 is 24.0 Å². The molecule has 2 aliphatic heterocycles. The van der Waals surface area contributed by atoms with Crippen LogP contribution in [0.2, 0.25) is 0 Å². The molecule has 11 amide bonds. The topological polar surface area (TPSA) is 300 Å². The second-order valence-electron chi connectivity index (χ2n) is 28.3. The fourth-order valence-electron chi connectivity index (χ4n) is 12.2. The summed E-state index contributed by atoms with van der Waals surface area (Å²) in [5.41, 5.74) is 0. The van der Waals surface area contributed by atoms with Gasteiger partial charge in [-0.25, -0.2) is 0 Å². The summed E-state index contributed by atoms with van der Waals surface area (Å²) >= 11 is 0. The van der Waals surface area contributed by atoms with E-state index in [0.29, 0.717) is 32.8 Å². The number of nitrogens with one attached hydrogen (secondary N) is 4. The van der Waals surface area contributed by atoms with Crippen molar-refractivity contribution in [2.24, 2.45) is 41.4 Å². The van der Waals surface area contributed by atoms with Gasteiger partial charge in [0.05, 0.1) is 32.5 Å². The molecule has 0 bridgehead atoms. The van der Waals surface area contributed by atoms with Gasteiger partial charge in [-0.3, -0.25) is 57.6 Å². The van der Waals surface area contributed by atoms with Gasteiger partial charge in [0.1, 0.15) is 66.5 Å². The third kappa shape index (κ3) is 23.3. The fourth-order valence-corrected chi connectivity index (χ4v) is 12.2. The third-order valence-electron chi connectivity index (χ3n) is 18.4. The van der Waals surface area contributed by atoms with Crippen molar-refractivity contribution in [1.29, 1.82) is 0 Å². The number of amides is 11. The first kappa shape index (κ1) is 83.8. The van der Waals surface area contributed by atoms with E-state index in [0.717, 1.165) is 22.9 Å². The molecule has 538 valence electrons. The molecule has 0 aromatic heterocycles. The van der Waals surface area contributed by atoms with Crippen LogP contribution >= 0.6 is 0 Å². The number of aliphatic hydroxyl groups excluding tert-OH is 1. The second kappa shape index (κ2) is 39.1. The van der Waals surface area contributed by atoms with Crippen molar-refractivity contribution in [1.82, 2.24) is 60.5 Å². The number of aliphatic hydroxyl groups is 1. The summed E-state index contributed by atoms with van der Waals surface area (Å²) in [7, 11) is 9.93. The maximum atomic E-state index is 15.3. The van der Waals surface area contributed by atoms with E-state index < -0.39 is 161 Å². The van der Waals surface area contributed by atoms with Crippen LogP contribution in [-0.4, -0.2) is 277 Å². The van der Waals surface area contributed by atoms with Gasteiger partial charge in [0.2, 0.25) is 65.0 Å². The van der Waals surface area contributed by atoms with Crippen LogP contribution in [0.5, 0.6) is 0 Å². The van der Waals surface area contributed by atoms with E-state index in [4.69, 9.17) is 9.47 Å². The minimum absolute atomic E-state index is 0.00445. The maximum absolute atomic E-state index is 15.3. The van der Waals surface area contributed by atoms with Crippen molar-refractivity contribution in [3.63, 3.8) is 0 Å². The Morgan fingerprint density at radius 3 is 1.48 bits per heavy atom. The molecule has 0 unspecified atom stereocenters. The largest absolute Gasteiger partial charge is 0.390 e. The number of rotatable bonds is 19. The van der Waals surface area contributed by atoms with Crippen LogP contribution in [0.1, 0.15) is 150 Å². The van der Waals surface area contributed by atoms with Crippen molar-refractivity contribution in [3.05, 3.63) is 12.2 Å². The normalized spacial score (nSPS) is 27.7. The zero-order chi connectivity index (χ0) is 72.1. The monoisotopic (exact) mass is 1330 g/mol. The second-order valence-corrected chi connectivity index (χ2v) is 28.3. The van der Waals surface area contributed by atoms with Gasteiger partial charge in [-0.1, -0.05) is 102 Å². The van der Waals surface area contributed by atoms with Gasteiger partial charge in [-0.05, 0) is 95.3 Å². The smallest absolute Gasteiger partial charge is 0.246 e. The minimum atomic E-state index is -1.64. The summed E-state index contributed by atoms with van der Waals surface area (Å²) < 4.78 is 11.7. The van der Waals surface area contributed by atoms with Gasteiger partial charge in [0.15, 0.2) is 0 Å². The van der Waals surface area contributed by atoms with Gasteiger partial charge in [-0.15, -0.1) is 0 Å². The third-order valence-corrected chi connectivity index (χ3v) is 18.4. The summed E-state index contributed by atoms with van der Waals surface area (Å²) in [5.74, 6) is -10.7. The lowest BCUT2D eigenvalue weighted by Crippen LogP contribution is -2.64. The Balaban J connectivity index is 3.02. The highest BCUT2D eigenvalue weighted by atomic mass is 16.5. The number of hydrogen-bond donors (Lipinski definition) is 5. The Hall–Kier alpha value is -6.25. The predicted octanol–water partition coefficient (Wildman–Crippen LogP) is 2.60. The molecule has 14 atom stereocenters. The Bertz CT molecular complexity index is 2560. The molecule has 0 aromatic rings. The molecule has 2 rings (SSSR count). The number of carbonyl (C=O) groups is 11. The highest BCUT2D eigenvalue weighted by Gasteiger charge is 2.46. The van der Waals surface area contributed by atoms with Crippen molar-refractivity contribution in [2.45, 2.75) is 222 Å². The maximum Gasteiger partial charge on any atom is 0.246 e. The van der Waals surface area contributed by atoms with Crippen LogP contribution in [0.4, 0.5) is 0 Å². The fraction of sp³-hybridized carbons (Fsp3) is 0.809. The molecule has 5 N–H and O–H groups in total. The van der Waals surface area contributed by atoms with E-state index in [1.54, 1.807) is 61.5 Å². The van der Waals surface area contributed by atoms with E-state index in [9.17, 15) is 33.9 Å². The average Bonchev–Trinajstić information content (AvgIpc) is 0.969. The standard InChI is InChI=1S/C68H122N12O14/c1-25-27-28-44(13)57(81)56-61(85)71-49(26-2)64(88)73(18)48(17)63(87)78(23)55(45(14)38-94-34-31-80-29-32-93-33-30-80)60(84)72-53(42(9)10)67(91)74(19)50(35-39(3)4)59(83)69-46(15)58(82)70-47(16)62(86)75(20)51(36-40(5)6)65(89)76(21)52(37-41(7)8)66(90)77(22)54(43(11)12)68(92)79(56)24/h25,27,39-57,81H,26,28-38H2,1-24H3,(H,69,83)(H,70,82)(H,71,85)(H,72,84)/b27-25+/t44-,45-,46+,47-,48-,49+,50+,51+,52+,53+,54+,55+,56+,57-/m1/s1. The van der Waals surface area contributed by atoms with Crippen LogP contribution in [0.15, 0.2) is 12.2 Å². The van der Waals surface area contributed by atoms with Crippen molar-refractivity contribution < 1.29 is 67.3 Å². The lowest BCUT2D eigenvalue weighted by molar-refractivity contribution is -0.157. The number of allylic oxidation sites excluding steroid dienone is 2. The Morgan fingerprint density at radius 1 is 0.511 bits per heavy atom. The number of hydrogen-bond acceptors (Lipinski definition) is 15. The number of nitrogens with zero attached hydrogens (tertiary/aromatic N) is 8. The van der Waals surface area contributed by atoms with Crippen LogP contribution < -0.4 is 21.3 Å². The molecule has 2 aliphatic rings. The van der Waals surface area contributed by atoms with Crippen molar-refractivity contribution in [2.75, 3.05) is 95.4 Å². The Kier molecular flexibility index (Phi) is 34.9. The average molecular weight is 1330 g/mol. The van der Waals surface area contributed by atoms with E-state index in [1.165, 1.54) is 94.6 Å². The van der Waals surface area contributed by atoms with Gasteiger partial charge >= 0.3 is 0 Å². The Labute approximate surface area is 562 Å². The number of ether oxygens (including phenoxy) is 2. The number of likely N-dealkylation sites (N-methyl/N-ethyl adjacent to an activating group) is 7. The zero-order valence-corrected chi connectivity index (χ0v) is 61.4. The Morgan fingerprint density at radius 2 is 0.979 bits per heavy atom. The zero-order valence-electron chi connectivity index (χ0n) is 61.4. The highest BCUT2D eigenvalue weighted by molar-refractivity contribution is 6.00. The van der Waals surface area contributed by atoms with Gasteiger partial charge < -0.3 is 70.1 Å². The number of morpholine rings is 1. The molecule has 2 saturated heterocycles. The lowest BCUT2D eigenvalue weighted by Gasteiger charge is -2.41. The molecule has 0 saturated carbocycles. The summed E-state index contributed by atoms with van der Waals surface area (Å²) in [4.78, 5) is 174. The molecular formula is C68H122N12O14. The van der Waals surface area contributed by atoms with Crippen LogP contribution in [0, 0.1) is 41.4 Å². The molecule has 0 radical (unpaired) electrons. The quantitative estimate of drug-likeness (QED) is 0.0918. The summed E-state index contributed by atoms with van der Waals surface area (Å²) in [6.07, 6.45) is 2.78. The molecule has 2 fully saturated rings. The summed E-state index contributed by atoms with van der Waals surface area (Å²) in [6.45, 7) is 32.8. The molecule has 26 nitrogen and oxygen atoms in total. The van der Waals surface area contributed by atoms with Gasteiger partial charge in [-0.2, -0.15) is 0 Å². The molecule has 0 spiro atoms. The van der Waals surface area contributed by atoms with Gasteiger partial charge in [0.25, 0.3) is 0 Å². The van der Waals surface area contributed by atoms with E-state index in [1.807, 2.05) is 47.6 Å². The lowest BCUT2D eigenvalue weighted by atomic mass is 9.91. The van der Waals surface area contributed by atoms with E-state index in [-0.39, 0.29) is 50.0 Å². The minimum Gasteiger partial charge on any atom is -0.390 e. The first-order chi connectivity index (χ1) is 43.7. The molecule has 0 aromatic carbocycles. The predicted molar refractivity (Wildman–Crippen MR) is 361 cm³/mol. The summed E-state index contributed by atoms with van der Waals surface area (Å²) in [6, 6.07) is -14.0. The van der Waals surface area contributed by atoms with Crippen molar-refractivity contribution in [3.8, 4) is 0 Å². The SMILES string of the molecule is C/C=C/C[C@@H](C)[C@@H](O)[C@H]1C(=O)N[C@@H](CC)C(=O)N(C)[C@H](C)C(=O)N(C)[C@@H]([C@H](C)COCCN2CCOCC2)C(=O)N[C@@H](C(C)C)C(=O)N(C)[C@@H](CC(C)C)C(=O)N[C@@H](C)C(=O)N[C@H](C)C(=O)N(C)[C@@H](CC(C)C)C(=O)N(C)[C@@H](CC(C)C)C(=O)N(C)[C@@H](C(C)C)C(=O)N1C. The number of carbonyl (C=O) groups excluding carboxylic acids is 11. The molecule has 26 heteroatoms. The van der Waals surface area contributed by atoms with Crippen molar-refractivity contribution >= 4 is 65.0 Å². The van der Waals surface area contributed by atoms with Crippen LogP contribution in [-0.2, 0) is 62.2 Å². The molecular weight excluding hydrogens is 1210 g/mol. The first-order valence-electron chi connectivity index (χ1n) is 34.0. The van der Waals surface area contributed by atoms with Gasteiger partial charge in [0, 0.05) is 74.9 Å². The molecule has 0 aliphatic carbocycles. The van der Waals surface area contributed by atoms with Crippen LogP contribution in [0.3, 0.4) is 0 Å². The van der Waals surface area contributed by atoms with Crippen LogP contribution in [0.25, 0.3) is 0 Å². The summed E-state index contributed by atoms with van der Waals surface area (Å²) in [5, 5.41) is 23.3. The van der Waals surface area contributed by atoms with E-state index in [2.05, 4.69) is 26.2 Å². The molecule has 2 heterocycles.